The van der Waals surface area contributed by atoms with Gasteiger partial charge in [0.1, 0.15) is 0 Å². The number of hydrogen-bond donors (Lipinski definition) is 0. The van der Waals surface area contributed by atoms with E-state index in [9.17, 15) is 4.79 Å². The molecule has 0 aromatic carbocycles. The Morgan fingerprint density at radius 1 is 1.25 bits per heavy atom. The molecule has 2 aromatic rings. The Balaban J connectivity index is 2.31. The van der Waals surface area contributed by atoms with E-state index in [0.29, 0.717) is 5.69 Å². The van der Waals surface area contributed by atoms with Gasteiger partial charge in [-0.2, -0.15) is 0 Å². The lowest BCUT2D eigenvalue weighted by atomic mass is 10.0. The largest absolute Gasteiger partial charge is 0.290 e. The lowest BCUT2D eigenvalue weighted by Crippen LogP contribution is -2.13. The first-order chi connectivity index (χ1) is 9.58. The third-order valence-electron chi connectivity index (χ3n) is 2.83. The van der Waals surface area contributed by atoms with Gasteiger partial charge in [0.2, 0.25) is 5.78 Å². The van der Waals surface area contributed by atoms with Crippen LogP contribution in [0.3, 0.4) is 0 Å². The maximum absolute atomic E-state index is 12.3. The lowest BCUT2D eigenvalue weighted by Gasteiger charge is -2.06. The minimum absolute atomic E-state index is 0.0723. The molecule has 0 aliphatic rings. The third-order valence-corrected chi connectivity index (χ3v) is 2.83. The predicted molar refractivity (Wildman–Crippen MR) is 78.2 cm³/mol. The van der Waals surface area contributed by atoms with Crippen molar-refractivity contribution in [3.8, 4) is 11.3 Å². The van der Waals surface area contributed by atoms with Crippen LogP contribution < -0.4 is 0 Å². The predicted octanol–water partition coefficient (Wildman–Crippen LogP) is 3.32. The van der Waals surface area contributed by atoms with E-state index in [1.165, 1.54) is 0 Å². The van der Waals surface area contributed by atoms with E-state index in [2.05, 4.69) is 15.0 Å². The highest BCUT2D eigenvalue weighted by Crippen LogP contribution is 2.16. The molecule has 2 heterocycles. The Morgan fingerprint density at radius 2 is 2.05 bits per heavy atom. The fourth-order valence-corrected chi connectivity index (χ4v) is 1.93. The Hall–Kier alpha value is -2.36. The number of rotatable bonds is 4. The first kappa shape index (κ1) is 14.1. The molecule has 0 bridgehead atoms. The van der Waals surface area contributed by atoms with E-state index in [-0.39, 0.29) is 17.5 Å². The molecule has 0 saturated carbocycles. The van der Waals surface area contributed by atoms with Crippen LogP contribution in [0.25, 0.3) is 11.3 Å². The van der Waals surface area contributed by atoms with Crippen LogP contribution in [0, 0.1) is 5.92 Å². The van der Waals surface area contributed by atoms with Crippen LogP contribution in [0.2, 0.25) is 0 Å². The second-order valence-electron chi connectivity index (χ2n) is 4.90. The highest BCUT2D eigenvalue weighted by Gasteiger charge is 2.16. The van der Waals surface area contributed by atoms with Crippen molar-refractivity contribution >= 4 is 5.78 Å². The Morgan fingerprint density at radius 3 is 2.70 bits per heavy atom. The van der Waals surface area contributed by atoms with Gasteiger partial charge in [0.25, 0.3) is 0 Å². The summed E-state index contributed by atoms with van der Waals surface area (Å²) in [6, 6.07) is 5.52. The van der Waals surface area contributed by atoms with Crippen molar-refractivity contribution in [1.29, 1.82) is 0 Å². The summed E-state index contributed by atoms with van der Waals surface area (Å²) in [5.41, 5.74) is 2.69. The van der Waals surface area contributed by atoms with Gasteiger partial charge >= 0.3 is 0 Å². The smallest absolute Gasteiger partial charge is 0.206 e. The molecule has 0 amide bonds. The van der Waals surface area contributed by atoms with Gasteiger partial charge in [0.15, 0.2) is 5.82 Å². The van der Waals surface area contributed by atoms with Crippen molar-refractivity contribution in [1.82, 2.24) is 15.0 Å². The quantitative estimate of drug-likeness (QED) is 0.630. The van der Waals surface area contributed by atoms with Crippen LogP contribution in [0.15, 0.2) is 48.4 Å². The zero-order valence-electron chi connectivity index (χ0n) is 11.9. The molecule has 0 radical (unpaired) electrons. The van der Waals surface area contributed by atoms with Gasteiger partial charge in [-0.15, -0.1) is 0 Å². The molecule has 0 N–H and O–H groups in total. The molecule has 102 valence electrons. The second-order valence-corrected chi connectivity index (χ2v) is 4.90. The summed E-state index contributed by atoms with van der Waals surface area (Å²) in [7, 11) is 0. The average molecular weight is 267 g/mol. The number of carbonyl (C=O) groups is 1. The number of nitrogens with zero attached hydrogens (tertiary/aromatic N) is 3. The van der Waals surface area contributed by atoms with Crippen molar-refractivity contribution in [3.63, 3.8) is 0 Å². The van der Waals surface area contributed by atoms with Crippen molar-refractivity contribution in [3.05, 3.63) is 54.3 Å². The van der Waals surface area contributed by atoms with Crippen molar-refractivity contribution in [2.75, 3.05) is 0 Å². The first-order valence-electron chi connectivity index (χ1n) is 6.50. The number of carbonyl (C=O) groups excluding carboxylic acids is 1. The highest BCUT2D eigenvalue weighted by molar-refractivity contribution is 5.95. The summed E-state index contributed by atoms with van der Waals surface area (Å²) in [5.74, 6) is -0.0440. The molecule has 0 unspecified atom stereocenters. The van der Waals surface area contributed by atoms with E-state index >= 15 is 0 Å². The van der Waals surface area contributed by atoms with Crippen molar-refractivity contribution in [2.24, 2.45) is 5.92 Å². The van der Waals surface area contributed by atoms with Crippen LogP contribution in [-0.2, 0) is 0 Å². The summed E-state index contributed by atoms with van der Waals surface area (Å²) in [6.07, 6.45) is 6.95. The van der Waals surface area contributed by atoms with Crippen LogP contribution >= 0.6 is 0 Å². The average Bonchev–Trinajstić information content (AvgIpc) is 2.47. The normalized spacial score (nSPS) is 11.8. The molecule has 1 atom stereocenters. The summed E-state index contributed by atoms with van der Waals surface area (Å²) in [5, 5.41) is 0. The minimum atomic E-state index is -0.218. The van der Waals surface area contributed by atoms with Crippen LogP contribution in [0.5, 0.6) is 0 Å². The fraction of sp³-hybridized carbons (Fsp3) is 0.250. The SMILES string of the molecule is CC(C)=C[C@@H](C)C(=O)c1nccc(-c2cccnc2)n1. The molecule has 0 fully saturated rings. The molecule has 0 aliphatic heterocycles. The number of ketones is 1. The maximum Gasteiger partial charge on any atom is 0.206 e. The van der Waals surface area contributed by atoms with Gasteiger partial charge in [-0.05, 0) is 32.0 Å². The van der Waals surface area contributed by atoms with Crippen molar-refractivity contribution < 1.29 is 4.79 Å². The van der Waals surface area contributed by atoms with Crippen LogP contribution in [-0.4, -0.2) is 20.7 Å². The first-order valence-corrected chi connectivity index (χ1v) is 6.50. The molecule has 20 heavy (non-hydrogen) atoms. The van der Waals surface area contributed by atoms with E-state index in [0.717, 1.165) is 11.1 Å². The summed E-state index contributed by atoms with van der Waals surface area (Å²) < 4.78 is 0. The van der Waals surface area contributed by atoms with Gasteiger partial charge < -0.3 is 0 Å². The van der Waals surface area contributed by atoms with Gasteiger partial charge in [-0.1, -0.05) is 18.6 Å². The number of hydrogen-bond acceptors (Lipinski definition) is 4. The standard InChI is InChI=1S/C16H17N3O/c1-11(2)9-12(3)15(20)16-18-8-6-14(19-16)13-5-4-7-17-10-13/h4-10,12H,1-3H3/t12-/m1/s1. The molecule has 2 rings (SSSR count). The number of aromatic nitrogens is 3. The second kappa shape index (κ2) is 6.19. The molecule has 2 aromatic heterocycles. The zero-order valence-corrected chi connectivity index (χ0v) is 11.9. The van der Waals surface area contributed by atoms with E-state index < -0.39 is 0 Å². The Kier molecular flexibility index (Phi) is 4.35. The van der Waals surface area contributed by atoms with Gasteiger partial charge in [-0.3, -0.25) is 9.78 Å². The molecule has 0 saturated heterocycles. The summed E-state index contributed by atoms with van der Waals surface area (Å²) in [6.45, 7) is 5.79. The van der Waals surface area contributed by atoms with Crippen LogP contribution in [0.4, 0.5) is 0 Å². The minimum Gasteiger partial charge on any atom is -0.290 e. The van der Waals surface area contributed by atoms with E-state index in [4.69, 9.17) is 0 Å². The molecule has 4 nitrogen and oxygen atoms in total. The van der Waals surface area contributed by atoms with Crippen molar-refractivity contribution in [2.45, 2.75) is 20.8 Å². The monoisotopic (exact) mass is 267 g/mol. The third kappa shape index (κ3) is 3.35. The molecule has 0 aliphatic carbocycles. The summed E-state index contributed by atoms with van der Waals surface area (Å²) >= 11 is 0. The zero-order chi connectivity index (χ0) is 14.5. The molecular formula is C16H17N3O. The Bertz CT molecular complexity index is 631. The van der Waals surface area contributed by atoms with Gasteiger partial charge in [0.05, 0.1) is 5.69 Å². The Labute approximate surface area is 118 Å². The van der Waals surface area contributed by atoms with Gasteiger partial charge in [-0.25, -0.2) is 9.97 Å². The lowest BCUT2D eigenvalue weighted by molar-refractivity contribution is 0.0942. The molecule has 4 heteroatoms. The molecule has 0 spiro atoms. The maximum atomic E-state index is 12.3. The van der Waals surface area contributed by atoms with E-state index in [1.807, 2.05) is 39.0 Å². The van der Waals surface area contributed by atoms with Crippen LogP contribution in [0.1, 0.15) is 31.4 Å². The van der Waals surface area contributed by atoms with E-state index in [1.54, 1.807) is 24.7 Å². The number of Topliss-reactive ketones (excluding diaryl/α,β-unsaturated/α-hetero) is 1. The highest BCUT2D eigenvalue weighted by atomic mass is 16.1. The fourth-order valence-electron chi connectivity index (χ4n) is 1.93. The topological polar surface area (TPSA) is 55.7 Å². The molecular weight excluding hydrogens is 250 g/mol. The van der Waals surface area contributed by atoms with Gasteiger partial charge in [0, 0.05) is 30.1 Å². The summed E-state index contributed by atoms with van der Waals surface area (Å²) in [4.78, 5) is 24.8. The number of allylic oxidation sites excluding steroid dienone is 2. The number of pyridine rings is 1.